The van der Waals surface area contributed by atoms with E-state index in [1.54, 1.807) is 0 Å². The largest absolute Gasteiger partial charge is 0.311 e. The second kappa shape index (κ2) is 5.50. The molecule has 16 heavy (non-hydrogen) atoms. The molecule has 2 unspecified atom stereocenters. The van der Waals surface area contributed by atoms with Gasteiger partial charge in [0.05, 0.1) is 0 Å². The first kappa shape index (κ1) is 12.4. The van der Waals surface area contributed by atoms with Gasteiger partial charge in [-0.1, -0.05) is 33.1 Å². The summed E-state index contributed by atoms with van der Waals surface area (Å²) < 4.78 is 0. The Morgan fingerprint density at radius 1 is 1.12 bits per heavy atom. The summed E-state index contributed by atoms with van der Waals surface area (Å²) in [4.78, 5) is 2.58. The van der Waals surface area contributed by atoms with Crippen LogP contribution in [0.3, 0.4) is 0 Å². The minimum Gasteiger partial charge on any atom is -0.311 e. The van der Waals surface area contributed by atoms with Crippen molar-refractivity contribution >= 4 is 0 Å². The Morgan fingerprint density at radius 3 is 2.38 bits per heavy atom. The zero-order valence-electron chi connectivity index (χ0n) is 11.2. The zero-order valence-corrected chi connectivity index (χ0v) is 11.2. The molecule has 0 spiro atoms. The lowest BCUT2D eigenvalue weighted by molar-refractivity contribution is 0.0952. The van der Waals surface area contributed by atoms with E-state index >= 15 is 0 Å². The fourth-order valence-electron chi connectivity index (χ4n) is 3.54. The monoisotopic (exact) mass is 224 g/mol. The van der Waals surface area contributed by atoms with E-state index in [0.717, 1.165) is 23.9 Å². The van der Waals surface area contributed by atoms with E-state index in [1.165, 1.54) is 45.2 Å². The Kier molecular flexibility index (Phi) is 4.26. The number of nitrogens with zero attached hydrogens (tertiary/aromatic N) is 1. The van der Waals surface area contributed by atoms with Crippen molar-refractivity contribution in [3.8, 4) is 0 Å². The standard InChI is InChI=1S/C14H28N2/c1-11(2)14-9-15-13(10-16(14)3)12-7-5-4-6-8-12/h11-15H,4-10H2,1-3H3. The van der Waals surface area contributed by atoms with Crippen molar-refractivity contribution in [2.24, 2.45) is 11.8 Å². The van der Waals surface area contributed by atoms with Gasteiger partial charge in [0.1, 0.15) is 0 Å². The van der Waals surface area contributed by atoms with Crippen LogP contribution in [0.1, 0.15) is 46.0 Å². The summed E-state index contributed by atoms with van der Waals surface area (Å²) in [6, 6.07) is 1.50. The average molecular weight is 224 g/mol. The number of piperazine rings is 1. The predicted molar refractivity (Wildman–Crippen MR) is 69.6 cm³/mol. The molecule has 0 bridgehead atoms. The number of rotatable bonds is 2. The number of hydrogen-bond acceptors (Lipinski definition) is 2. The Labute approximate surface area is 101 Å². The molecule has 0 amide bonds. The van der Waals surface area contributed by atoms with Crippen molar-refractivity contribution < 1.29 is 0 Å². The van der Waals surface area contributed by atoms with Gasteiger partial charge in [-0.05, 0) is 31.7 Å². The second-order valence-corrected chi connectivity index (χ2v) is 6.16. The van der Waals surface area contributed by atoms with Crippen LogP contribution in [0.5, 0.6) is 0 Å². The van der Waals surface area contributed by atoms with Crippen molar-refractivity contribution in [1.29, 1.82) is 0 Å². The van der Waals surface area contributed by atoms with Crippen molar-refractivity contribution in [2.45, 2.75) is 58.0 Å². The maximum Gasteiger partial charge on any atom is 0.0241 e. The molecule has 2 heteroatoms. The minimum absolute atomic E-state index is 0.736. The molecule has 2 rings (SSSR count). The SMILES string of the molecule is CC(C)C1CNC(C2CCCCC2)CN1C. The van der Waals surface area contributed by atoms with E-state index in [-0.39, 0.29) is 0 Å². The highest BCUT2D eigenvalue weighted by Gasteiger charge is 2.31. The first-order valence-electron chi connectivity index (χ1n) is 7.12. The lowest BCUT2D eigenvalue weighted by Gasteiger charge is -2.43. The fourth-order valence-corrected chi connectivity index (χ4v) is 3.54. The third kappa shape index (κ3) is 2.78. The quantitative estimate of drug-likeness (QED) is 0.775. The molecule has 1 heterocycles. The molecule has 0 radical (unpaired) electrons. The van der Waals surface area contributed by atoms with Crippen molar-refractivity contribution in [1.82, 2.24) is 10.2 Å². The molecule has 1 aliphatic heterocycles. The summed E-state index contributed by atoms with van der Waals surface area (Å²) >= 11 is 0. The molecule has 2 atom stereocenters. The van der Waals surface area contributed by atoms with Crippen LogP contribution in [0.15, 0.2) is 0 Å². The minimum atomic E-state index is 0.736. The van der Waals surface area contributed by atoms with Gasteiger partial charge >= 0.3 is 0 Å². The molecule has 2 nitrogen and oxygen atoms in total. The first-order chi connectivity index (χ1) is 7.68. The maximum absolute atomic E-state index is 3.81. The van der Waals surface area contributed by atoms with Crippen molar-refractivity contribution in [3.63, 3.8) is 0 Å². The Balaban J connectivity index is 1.86. The summed E-state index contributed by atoms with van der Waals surface area (Å²) in [5, 5.41) is 3.81. The molecule has 1 aliphatic carbocycles. The normalized spacial score (nSPS) is 34.5. The molecule has 0 aromatic carbocycles. The molecule has 1 saturated heterocycles. The average Bonchev–Trinajstić information content (AvgIpc) is 2.29. The van der Waals surface area contributed by atoms with E-state index in [0.29, 0.717) is 0 Å². The summed E-state index contributed by atoms with van der Waals surface area (Å²) in [6.07, 6.45) is 7.30. The molecule has 2 aliphatic rings. The van der Waals surface area contributed by atoms with Crippen LogP contribution < -0.4 is 5.32 Å². The van der Waals surface area contributed by atoms with Gasteiger partial charge in [-0.15, -0.1) is 0 Å². The van der Waals surface area contributed by atoms with E-state index in [4.69, 9.17) is 0 Å². The van der Waals surface area contributed by atoms with Crippen LogP contribution in [-0.4, -0.2) is 37.1 Å². The van der Waals surface area contributed by atoms with E-state index in [9.17, 15) is 0 Å². The summed E-state index contributed by atoms with van der Waals surface area (Å²) in [5.74, 6) is 1.72. The van der Waals surface area contributed by atoms with Gasteiger partial charge in [-0.3, -0.25) is 0 Å². The second-order valence-electron chi connectivity index (χ2n) is 6.16. The molecule has 0 aromatic heterocycles. The van der Waals surface area contributed by atoms with Crippen LogP contribution in [0.25, 0.3) is 0 Å². The Hall–Kier alpha value is -0.0800. The van der Waals surface area contributed by atoms with E-state index < -0.39 is 0 Å². The van der Waals surface area contributed by atoms with Gasteiger partial charge in [0.15, 0.2) is 0 Å². The number of nitrogens with one attached hydrogen (secondary N) is 1. The molecule has 0 aromatic rings. The lowest BCUT2D eigenvalue weighted by atomic mass is 9.82. The van der Waals surface area contributed by atoms with Crippen molar-refractivity contribution in [3.05, 3.63) is 0 Å². The third-order valence-electron chi connectivity index (χ3n) is 4.63. The van der Waals surface area contributed by atoms with Crippen LogP contribution in [-0.2, 0) is 0 Å². The van der Waals surface area contributed by atoms with Gasteiger partial charge in [-0.2, -0.15) is 0 Å². The maximum atomic E-state index is 3.81. The number of hydrogen-bond donors (Lipinski definition) is 1. The van der Waals surface area contributed by atoms with Crippen LogP contribution in [0.2, 0.25) is 0 Å². The van der Waals surface area contributed by atoms with Crippen LogP contribution >= 0.6 is 0 Å². The van der Waals surface area contributed by atoms with E-state index in [1.807, 2.05) is 0 Å². The Bertz CT molecular complexity index is 209. The topological polar surface area (TPSA) is 15.3 Å². The fraction of sp³-hybridized carbons (Fsp3) is 1.00. The lowest BCUT2D eigenvalue weighted by Crippen LogP contribution is -2.59. The molecule has 1 N–H and O–H groups in total. The molecule has 2 fully saturated rings. The number of likely N-dealkylation sites (N-methyl/N-ethyl adjacent to an activating group) is 1. The van der Waals surface area contributed by atoms with Gasteiger partial charge in [-0.25, -0.2) is 0 Å². The third-order valence-corrected chi connectivity index (χ3v) is 4.63. The van der Waals surface area contributed by atoms with Gasteiger partial charge < -0.3 is 10.2 Å². The zero-order chi connectivity index (χ0) is 11.5. The van der Waals surface area contributed by atoms with Crippen molar-refractivity contribution in [2.75, 3.05) is 20.1 Å². The smallest absolute Gasteiger partial charge is 0.0241 e. The highest BCUT2D eigenvalue weighted by atomic mass is 15.2. The van der Waals surface area contributed by atoms with Gasteiger partial charge in [0.25, 0.3) is 0 Å². The Morgan fingerprint density at radius 2 is 1.81 bits per heavy atom. The molecular formula is C14H28N2. The van der Waals surface area contributed by atoms with Gasteiger partial charge in [0.2, 0.25) is 0 Å². The predicted octanol–water partition coefficient (Wildman–Crippen LogP) is 2.49. The van der Waals surface area contributed by atoms with Gasteiger partial charge in [0, 0.05) is 25.2 Å². The molecule has 94 valence electrons. The van der Waals surface area contributed by atoms with Crippen LogP contribution in [0.4, 0.5) is 0 Å². The molecule has 1 saturated carbocycles. The summed E-state index contributed by atoms with van der Waals surface area (Å²) in [5.41, 5.74) is 0. The first-order valence-corrected chi connectivity index (χ1v) is 7.12. The highest BCUT2D eigenvalue weighted by Crippen LogP contribution is 2.28. The summed E-state index contributed by atoms with van der Waals surface area (Å²) in [7, 11) is 2.31. The van der Waals surface area contributed by atoms with Crippen LogP contribution in [0, 0.1) is 11.8 Å². The molecular weight excluding hydrogens is 196 g/mol. The summed E-state index contributed by atoms with van der Waals surface area (Å²) in [6.45, 7) is 7.12. The van der Waals surface area contributed by atoms with E-state index in [2.05, 4.69) is 31.1 Å². The highest BCUT2D eigenvalue weighted by molar-refractivity contribution is 4.90.